The largest absolute Gasteiger partial charge is 0.504 e. The van der Waals surface area contributed by atoms with Crippen LogP contribution in [0.25, 0.3) is 0 Å². The number of carbonyl (C=O) groups is 2. The molecule has 0 atom stereocenters. The van der Waals surface area contributed by atoms with E-state index in [0.29, 0.717) is 0 Å². The molecule has 0 unspecified atom stereocenters. The molecular formula is C20H14O11. The number of para-hydroxylation sites is 1. The maximum absolute atomic E-state index is 12.3. The van der Waals surface area contributed by atoms with Crippen LogP contribution in [0.2, 0.25) is 0 Å². The van der Waals surface area contributed by atoms with Gasteiger partial charge < -0.3 is 45.2 Å². The molecule has 31 heavy (non-hydrogen) atoms. The van der Waals surface area contributed by atoms with Crippen LogP contribution in [0, 0.1) is 0 Å². The Hall–Kier alpha value is -4.80. The molecule has 3 rings (SSSR count). The topological polar surface area (TPSA) is 194 Å². The number of carbonyl (C=O) groups excluding carboxylic acids is 2. The van der Waals surface area contributed by atoms with Gasteiger partial charge >= 0.3 is 11.9 Å². The summed E-state index contributed by atoms with van der Waals surface area (Å²) in [4.78, 5) is 24.6. The number of benzene rings is 3. The maximum Gasteiger partial charge on any atom is 0.343 e. The number of rotatable bonds is 4. The minimum atomic E-state index is -1.23. The van der Waals surface area contributed by atoms with Crippen molar-refractivity contribution in [2.45, 2.75) is 0 Å². The summed E-state index contributed by atoms with van der Waals surface area (Å²) in [7, 11) is 0. The zero-order valence-corrected chi connectivity index (χ0v) is 15.3. The molecule has 0 aliphatic carbocycles. The molecule has 0 spiro atoms. The van der Waals surface area contributed by atoms with Crippen molar-refractivity contribution in [2.75, 3.05) is 0 Å². The van der Waals surface area contributed by atoms with E-state index in [1.807, 2.05) is 0 Å². The Labute approximate surface area is 172 Å². The first kappa shape index (κ1) is 20.9. The highest BCUT2D eigenvalue weighted by Gasteiger charge is 2.22. The Morgan fingerprint density at radius 2 is 1.00 bits per heavy atom. The molecule has 0 saturated heterocycles. The van der Waals surface area contributed by atoms with Gasteiger partial charge in [0.1, 0.15) is 0 Å². The molecule has 0 aliphatic rings. The van der Waals surface area contributed by atoms with Gasteiger partial charge in [0.05, 0.1) is 11.1 Å². The van der Waals surface area contributed by atoms with E-state index in [0.717, 1.165) is 30.3 Å². The van der Waals surface area contributed by atoms with Gasteiger partial charge in [0, 0.05) is 0 Å². The van der Waals surface area contributed by atoms with Crippen molar-refractivity contribution >= 4 is 11.9 Å². The molecule has 0 fully saturated rings. The number of esters is 2. The molecule has 0 bridgehead atoms. The van der Waals surface area contributed by atoms with Gasteiger partial charge in [0.2, 0.25) is 11.5 Å². The van der Waals surface area contributed by atoms with Gasteiger partial charge in [0.25, 0.3) is 0 Å². The number of hydrogen-bond acceptors (Lipinski definition) is 11. The van der Waals surface area contributed by atoms with E-state index in [1.165, 1.54) is 12.1 Å². The summed E-state index contributed by atoms with van der Waals surface area (Å²) in [5.74, 6) is -8.96. The van der Waals surface area contributed by atoms with Crippen molar-refractivity contribution < 1.29 is 54.8 Å². The van der Waals surface area contributed by atoms with Crippen molar-refractivity contribution in [2.24, 2.45) is 0 Å². The van der Waals surface area contributed by atoms with Crippen LogP contribution >= 0.6 is 0 Å². The normalized spacial score (nSPS) is 10.5. The fourth-order valence-corrected chi connectivity index (χ4v) is 2.42. The summed E-state index contributed by atoms with van der Waals surface area (Å²) in [6, 6.07) is 6.81. The molecule has 0 aliphatic heterocycles. The number of ether oxygens (including phenoxy) is 2. The molecular weight excluding hydrogens is 416 g/mol. The Morgan fingerprint density at radius 1 is 0.548 bits per heavy atom. The highest BCUT2D eigenvalue weighted by Crippen LogP contribution is 2.40. The van der Waals surface area contributed by atoms with Gasteiger partial charge in [-0.2, -0.15) is 0 Å². The molecule has 0 saturated carbocycles. The predicted octanol–water partition coefficient (Wildman–Crippen LogP) is 2.06. The van der Waals surface area contributed by atoms with Crippen LogP contribution in [0.5, 0.6) is 51.7 Å². The van der Waals surface area contributed by atoms with Gasteiger partial charge in [-0.25, -0.2) is 9.59 Å². The van der Waals surface area contributed by atoms with Gasteiger partial charge in [-0.05, 0) is 36.4 Å². The third kappa shape index (κ3) is 4.15. The van der Waals surface area contributed by atoms with Crippen molar-refractivity contribution in [3.05, 3.63) is 53.6 Å². The number of aromatic hydroxyl groups is 7. The number of phenolic OH excluding ortho intramolecular Hbond substituents is 7. The van der Waals surface area contributed by atoms with Gasteiger partial charge in [-0.1, -0.05) is 6.07 Å². The highest BCUT2D eigenvalue weighted by atomic mass is 16.5. The summed E-state index contributed by atoms with van der Waals surface area (Å²) in [6.07, 6.45) is 0. The molecule has 11 heteroatoms. The van der Waals surface area contributed by atoms with Crippen molar-refractivity contribution in [1.29, 1.82) is 0 Å². The van der Waals surface area contributed by atoms with Crippen LogP contribution in [0.4, 0.5) is 0 Å². The van der Waals surface area contributed by atoms with Gasteiger partial charge in [0.15, 0.2) is 40.2 Å². The van der Waals surface area contributed by atoms with Crippen molar-refractivity contribution in [1.82, 2.24) is 0 Å². The summed E-state index contributed by atoms with van der Waals surface area (Å²) in [5.41, 5.74) is -0.832. The van der Waals surface area contributed by atoms with Gasteiger partial charge in [-0.3, -0.25) is 0 Å². The fraction of sp³-hybridized carbons (Fsp3) is 0. The van der Waals surface area contributed by atoms with E-state index in [9.17, 15) is 45.3 Å². The van der Waals surface area contributed by atoms with Crippen molar-refractivity contribution in [3.8, 4) is 51.7 Å². The fourth-order valence-electron chi connectivity index (χ4n) is 2.42. The van der Waals surface area contributed by atoms with E-state index < -0.39 is 74.8 Å². The Balaban J connectivity index is 1.89. The van der Waals surface area contributed by atoms with E-state index >= 15 is 0 Å². The average molecular weight is 430 g/mol. The van der Waals surface area contributed by atoms with Crippen LogP contribution in [0.1, 0.15) is 20.7 Å². The molecule has 7 N–H and O–H groups in total. The van der Waals surface area contributed by atoms with E-state index in [-0.39, 0.29) is 0 Å². The lowest BCUT2D eigenvalue weighted by Crippen LogP contribution is -2.11. The molecule has 0 radical (unpaired) electrons. The molecule has 0 aromatic heterocycles. The third-order valence-corrected chi connectivity index (χ3v) is 3.98. The molecule has 3 aromatic rings. The van der Waals surface area contributed by atoms with Crippen LogP contribution in [-0.2, 0) is 0 Å². The third-order valence-electron chi connectivity index (χ3n) is 3.98. The standard InChI is InChI=1S/C20H14O11/c21-10-2-1-3-14(17(10)26)30-20(29)9-6-13(24)18(27)15(7-9)31-19(28)8-4-11(22)16(25)12(23)5-8/h1-7,21-27H. The molecule has 0 heterocycles. The first-order valence-corrected chi connectivity index (χ1v) is 8.34. The second kappa shape index (κ2) is 7.91. The zero-order valence-electron chi connectivity index (χ0n) is 15.3. The monoisotopic (exact) mass is 430 g/mol. The molecule has 0 amide bonds. The molecule has 11 nitrogen and oxygen atoms in total. The van der Waals surface area contributed by atoms with E-state index in [1.54, 1.807) is 0 Å². The number of hydrogen-bond donors (Lipinski definition) is 7. The second-order valence-corrected chi connectivity index (χ2v) is 6.11. The smallest absolute Gasteiger partial charge is 0.343 e. The summed E-state index contributed by atoms with van der Waals surface area (Å²) < 4.78 is 9.82. The highest BCUT2D eigenvalue weighted by molar-refractivity contribution is 5.95. The number of phenols is 7. The van der Waals surface area contributed by atoms with E-state index in [4.69, 9.17) is 9.47 Å². The summed E-state index contributed by atoms with van der Waals surface area (Å²) in [5, 5.41) is 67.2. The molecule has 160 valence electrons. The zero-order chi connectivity index (χ0) is 22.9. The maximum atomic E-state index is 12.3. The SMILES string of the molecule is O=C(Oc1cccc(O)c1O)c1cc(O)c(O)c(OC(=O)c2cc(O)c(O)c(O)c2)c1. The first-order valence-electron chi connectivity index (χ1n) is 8.34. The predicted molar refractivity (Wildman–Crippen MR) is 101 cm³/mol. The minimum absolute atomic E-state index is 0.397. The minimum Gasteiger partial charge on any atom is -0.504 e. The van der Waals surface area contributed by atoms with E-state index in [2.05, 4.69) is 0 Å². The van der Waals surface area contributed by atoms with Crippen LogP contribution < -0.4 is 9.47 Å². The first-order chi connectivity index (χ1) is 14.6. The quantitative estimate of drug-likeness (QED) is 0.182. The van der Waals surface area contributed by atoms with Crippen LogP contribution in [0.15, 0.2) is 42.5 Å². The summed E-state index contributed by atoms with van der Waals surface area (Å²) >= 11 is 0. The lowest BCUT2D eigenvalue weighted by atomic mass is 10.1. The van der Waals surface area contributed by atoms with Crippen LogP contribution in [-0.4, -0.2) is 47.7 Å². The molecule has 3 aromatic carbocycles. The Morgan fingerprint density at radius 3 is 1.58 bits per heavy atom. The van der Waals surface area contributed by atoms with Crippen molar-refractivity contribution in [3.63, 3.8) is 0 Å². The Bertz CT molecular complexity index is 1180. The lowest BCUT2D eigenvalue weighted by Gasteiger charge is -2.11. The Kier molecular flexibility index (Phi) is 5.34. The lowest BCUT2D eigenvalue weighted by molar-refractivity contribution is 0.0708. The summed E-state index contributed by atoms with van der Waals surface area (Å²) in [6.45, 7) is 0. The second-order valence-electron chi connectivity index (χ2n) is 6.11. The van der Waals surface area contributed by atoms with Crippen LogP contribution in [0.3, 0.4) is 0 Å². The average Bonchev–Trinajstić information content (AvgIpc) is 2.72. The van der Waals surface area contributed by atoms with Gasteiger partial charge in [-0.15, -0.1) is 0 Å².